The Labute approximate surface area is 151 Å². The first-order valence-electron chi connectivity index (χ1n) is 9.04. The van der Waals surface area contributed by atoms with E-state index in [1.54, 1.807) is 0 Å². The molecule has 2 N–H and O–H groups in total. The maximum atomic E-state index is 12.2. The molecule has 0 radical (unpaired) electrons. The minimum Gasteiger partial charge on any atom is -0.347 e. The molecule has 7 nitrogen and oxygen atoms in total. The highest BCUT2D eigenvalue weighted by molar-refractivity contribution is 5.74. The summed E-state index contributed by atoms with van der Waals surface area (Å²) in [6.45, 7) is 3.48. The Bertz CT molecular complexity index is 567. The lowest BCUT2D eigenvalue weighted by molar-refractivity contribution is 0.215. The van der Waals surface area contributed by atoms with Crippen LogP contribution in [0.1, 0.15) is 37.1 Å². The Morgan fingerprint density at radius 2 is 1.84 bits per heavy atom. The van der Waals surface area contributed by atoms with Gasteiger partial charge in [0.05, 0.1) is 12.2 Å². The molecule has 140 valence electrons. The highest BCUT2D eigenvalue weighted by Gasteiger charge is 2.22. The second kappa shape index (κ2) is 8.99. The van der Waals surface area contributed by atoms with E-state index in [2.05, 4.69) is 39.6 Å². The van der Waals surface area contributed by atoms with Gasteiger partial charge in [0, 0.05) is 32.4 Å². The average molecular weight is 348 g/mol. The van der Waals surface area contributed by atoms with Crippen LogP contribution in [0, 0.1) is 12.8 Å². The molecule has 2 rings (SSSR count). The van der Waals surface area contributed by atoms with Crippen LogP contribution >= 0.6 is 0 Å². The van der Waals surface area contributed by atoms with Crippen LogP contribution in [0.4, 0.5) is 10.7 Å². The van der Waals surface area contributed by atoms with E-state index in [1.807, 2.05) is 32.0 Å². The quantitative estimate of drug-likeness (QED) is 0.820. The van der Waals surface area contributed by atoms with Crippen molar-refractivity contribution in [2.45, 2.75) is 45.2 Å². The summed E-state index contributed by atoms with van der Waals surface area (Å²) >= 11 is 0. The summed E-state index contributed by atoms with van der Waals surface area (Å²) in [5, 5.41) is 6.01. The Morgan fingerprint density at radius 3 is 2.44 bits per heavy atom. The van der Waals surface area contributed by atoms with Crippen LogP contribution in [0.15, 0.2) is 6.07 Å². The van der Waals surface area contributed by atoms with E-state index < -0.39 is 0 Å². The van der Waals surface area contributed by atoms with Crippen LogP contribution in [0.3, 0.4) is 0 Å². The number of nitrogens with one attached hydrogen (secondary N) is 2. The van der Waals surface area contributed by atoms with Crippen molar-refractivity contribution in [1.82, 2.24) is 25.5 Å². The SMILES string of the molecule is Cc1cc(CNC(=O)NC2CCC(CN(C)C)CC2)nc(N(C)C)n1. The Balaban J connectivity index is 1.76. The minimum atomic E-state index is -0.112. The van der Waals surface area contributed by atoms with Gasteiger partial charge in [-0.05, 0) is 58.7 Å². The fraction of sp³-hybridized carbons (Fsp3) is 0.722. The predicted octanol–water partition coefficient (Wildman–Crippen LogP) is 1.77. The summed E-state index contributed by atoms with van der Waals surface area (Å²) in [7, 11) is 8.05. The molecule has 0 atom stereocenters. The van der Waals surface area contributed by atoms with Gasteiger partial charge in [0.1, 0.15) is 0 Å². The van der Waals surface area contributed by atoms with Crippen LogP contribution in [0.25, 0.3) is 0 Å². The van der Waals surface area contributed by atoms with Gasteiger partial charge in [-0.1, -0.05) is 0 Å². The normalized spacial score (nSPS) is 20.4. The van der Waals surface area contributed by atoms with E-state index >= 15 is 0 Å². The van der Waals surface area contributed by atoms with Crippen molar-refractivity contribution in [3.8, 4) is 0 Å². The van der Waals surface area contributed by atoms with Gasteiger partial charge >= 0.3 is 6.03 Å². The molecule has 0 bridgehead atoms. The molecule has 0 aliphatic heterocycles. The zero-order valence-corrected chi connectivity index (χ0v) is 16.2. The number of anilines is 1. The Hall–Kier alpha value is -1.89. The summed E-state index contributed by atoms with van der Waals surface area (Å²) in [4.78, 5) is 25.1. The first-order valence-corrected chi connectivity index (χ1v) is 9.04. The molecule has 1 heterocycles. The lowest BCUT2D eigenvalue weighted by Gasteiger charge is -2.30. The molecule has 1 aliphatic rings. The summed E-state index contributed by atoms with van der Waals surface area (Å²) in [6.07, 6.45) is 4.48. The standard InChI is InChI=1S/C18H32N6O/c1-13-10-16(21-17(20-13)24(4)5)11-19-18(25)22-15-8-6-14(7-9-15)12-23(2)3/h10,14-15H,6-9,11-12H2,1-5H3,(H2,19,22,25). The van der Waals surface area contributed by atoms with Crippen molar-refractivity contribution >= 4 is 12.0 Å². The number of hydrogen-bond donors (Lipinski definition) is 2. The molecule has 0 aromatic carbocycles. The van der Waals surface area contributed by atoms with E-state index in [9.17, 15) is 4.79 Å². The number of nitrogens with zero attached hydrogens (tertiary/aromatic N) is 4. The smallest absolute Gasteiger partial charge is 0.315 e. The first kappa shape index (κ1) is 19.4. The highest BCUT2D eigenvalue weighted by atomic mass is 16.2. The third-order valence-electron chi connectivity index (χ3n) is 4.53. The van der Waals surface area contributed by atoms with Gasteiger partial charge < -0.3 is 20.4 Å². The number of aryl methyl sites for hydroxylation is 1. The lowest BCUT2D eigenvalue weighted by atomic mass is 9.86. The molecular weight excluding hydrogens is 316 g/mol. The topological polar surface area (TPSA) is 73.4 Å². The molecule has 0 unspecified atom stereocenters. The van der Waals surface area contributed by atoms with Crippen LogP contribution in [-0.4, -0.2) is 61.7 Å². The number of amides is 2. The number of rotatable bonds is 6. The number of carbonyl (C=O) groups excluding carboxylic acids is 1. The fourth-order valence-corrected chi connectivity index (χ4v) is 3.32. The van der Waals surface area contributed by atoms with Gasteiger partial charge in [0.15, 0.2) is 0 Å². The van der Waals surface area contributed by atoms with Gasteiger partial charge in [0.25, 0.3) is 0 Å². The monoisotopic (exact) mass is 348 g/mol. The third-order valence-corrected chi connectivity index (χ3v) is 4.53. The molecule has 1 aromatic heterocycles. The van der Waals surface area contributed by atoms with Crippen molar-refractivity contribution in [1.29, 1.82) is 0 Å². The summed E-state index contributed by atoms with van der Waals surface area (Å²) < 4.78 is 0. The van der Waals surface area contributed by atoms with E-state index in [4.69, 9.17) is 0 Å². The maximum Gasteiger partial charge on any atom is 0.315 e. The van der Waals surface area contributed by atoms with Crippen molar-refractivity contribution in [3.63, 3.8) is 0 Å². The number of urea groups is 1. The van der Waals surface area contributed by atoms with E-state index in [1.165, 1.54) is 12.8 Å². The van der Waals surface area contributed by atoms with Gasteiger partial charge in [-0.25, -0.2) is 14.8 Å². The average Bonchev–Trinajstić information content (AvgIpc) is 2.54. The van der Waals surface area contributed by atoms with Crippen LogP contribution in [0.5, 0.6) is 0 Å². The Kier molecular flexibility index (Phi) is 6.99. The molecule has 25 heavy (non-hydrogen) atoms. The van der Waals surface area contributed by atoms with Gasteiger partial charge in [-0.2, -0.15) is 0 Å². The summed E-state index contributed by atoms with van der Waals surface area (Å²) in [5.74, 6) is 1.42. The molecule has 0 spiro atoms. The summed E-state index contributed by atoms with van der Waals surface area (Å²) in [5.41, 5.74) is 1.72. The molecular formula is C18H32N6O. The van der Waals surface area contributed by atoms with Crippen molar-refractivity contribution in [3.05, 3.63) is 17.5 Å². The van der Waals surface area contributed by atoms with Gasteiger partial charge in [-0.3, -0.25) is 0 Å². The lowest BCUT2D eigenvalue weighted by Crippen LogP contribution is -2.44. The first-order chi connectivity index (χ1) is 11.8. The van der Waals surface area contributed by atoms with Crippen molar-refractivity contribution < 1.29 is 4.79 Å². The zero-order chi connectivity index (χ0) is 18.4. The van der Waals surface area contributed by atoms with Crippen molar-refractivity contribution in [2.75, 3.05) is 39.6 Å². The summed E-state index contributed by atoms with van der Waals surface area (Å²) in [6, 6.07) is 2.07. The minimum absolute atomic E-state index is 0.112. The molecule has 2 amide bonds. The third kappa shape index (κ3) is 6.49. The molecule has 1 aromatic rings. The highest BCUT2D eigenvalue weighted by Crippen LogP contribution is 2.24. The molecule has 0 saturated heterocycles. The predicted molar refractivity (Wildman–Crippen MR) is 101 cm³/mol. The zero-order valence-electron chi connectivity index (χ0n) is 16.2. The second-order valence-corrected chi connectivity index (χ2v) is 7.50. The fourth-order valence-electron chi connectivity index (χ4n) is 3.32. The molecule has 1 aliphatic carbocycles. The Morgan fingerprint density at radius 1 is 1.16 bits per heavy atom. The van der Waals surface area contributed by atoms with Gasteiger partial charge in [0.2, 0.25) is 5.95 Å². The molecule has 7 heteroatoms. The number of hydrogen-bond acceptors (Lipinski definition) is 5. The maximum absolute atomic E-state index is 12.2. The van der Waals surface area contributed by atoms with Crippen LogP contribution < -0.4 is 15.5 Å². The number of aromatic nitrogens is 2. The van der Waals surface area contributed by atoms with Crippen LogP contribution in [0.2, 0.25) is 0 Å². The van der Waals surface area contributed by atoms with Crippen LogP contribution in [-0.2, 0) is 6.54 Å². The second-order valence-electron chi connectivity index (χ2n) is 7.50. The largest absolute Gasteiger partial charge is 0.347 e. The molecule has 1 saturated carbocycles. The van der Waals surface area contributed by atoms with E-state index in [0.29, 0.717) is 12.5 Å². The van der Waals surface area contributed by atoms with E-state index in [-0.39, 0.29) is 12.1 Å². The van der Waals surface area contributed by atoms with Gasteiger partial charge in [-0.15, -0.1) is 0 Å². The van der Waals surface area contributed by atoms with E-state index in [0.717, 1.165) is 36.7 Å². The molecule has 1 fully saturated rings. The number of carbonyl (C=O) groups is 1. The van der Waals surface area contributed by atoms with Crippen molar-refractivity contribution in [2.24, 2.45) is 5.92 Å².